The van der Waals surface area contributed by atoms with Crippen LogP contribution in [0.25, 0.3) is 16.5 Å². The number of furan rings is 1. The van der Waals surface area contributed by atoms with Gasteiger partial charge in [-0.15, -0.1) is 16.4 Å². The smallest absolute Gasteiger partial charge is 0.230 e. The molecule has 8 nitrogen and oxygen atoms in total. The van der Waals surface area contributed by atoms with Crippen molar-refractivity contribution in [1.82, 2.24) is 19.5 Å². The van der Waals surface area contributed by atoms with Gasteiger partial charge in [-0.25, -0.2) is 0 Å². The fourth-order valence-corrected chi connectivity index (χ4v) is 6.44. The number of hydrogen-bond donors (Lipinski definition) is 1. The lowest BCUT2D eigenvalue weighted by molar-refractivity contribution is 0.213. The average Bonchev–Trinajstić information content (AvgIpc) is 3.68. The number of fused-ring (bicyclic) bond motifs is 1. The minimum atomic E-state index is -0.0430. The van der Waals surface area contributed by atoms with Gasteiger partial charge in [-0.1, -0.05) is 17.4 Å². The van der Waals surface area contributed by atoms with Crippen molar-refractivity contribution in [2.75, 3.05) is 38.2 Å². The molecular weight excluding hydrogens is 470 g/mol. The van der Waals surface area contributed by atoms with Crippen LogP contribution in [0.1, 0.15) is 15.8 Å². The van der Waals surface area contributed by atoms with E-state index in [9.17, 15) is 5.11 Å². The molecule has 1 fully saturated rings. The highest BCUT2D eigenvalue weighted by molar-refractivity contribution is 7.17. The van der Waals surface area contributed by atoms with Gasteiger partial charge < -0.3 is 19.2 Å². The molecule has 0 radical (unpaired) electrons. The van der Waals surface area contributed by atoms with E-state index in [0.29, 0.717) is 16.5 Å². The lowest BCUT2D eigenvalue weighted by Crippen LogP contribution is -2.47. The highest BCUT2D eigenvalue weighted by Crippen LogP contribution is 2.42. The number of methoxy groups -OCH3 is 1. The Morgan fingerprint density at radius 2 is 1.88 bits per heavy atom. The van der Waals surface area contributed by atoms with Gasteiger partial charge in [-0.3, -0.25) is 4.90 Å². The summed E-state index contributed by atoms with van der Waals surface area (Å²) in [6.07, 6.45) is 1.59. The van der Waals surface area contributed by atoms with Gasteiger partial charge in [0.05, 0.1) is 24.3 Å². The van der Waals surface area contributed by atoms with E-state index in [4.69, 9.17) is 9.15 Å². The molecule has 0 saturated carbocycles. The number of piperazine rings is 1. The zero-order valence-electron chi connectivity index (χ0n) is 18.5. The lowest BCUT2D eigenvalue weighted by atomic mass is 10.1. The minimum Gasteiger partial charge on any atom is -0.497 e. The van der Waals surface area contributed by atoms with Crippen LogP contribution in [0.2, 0.25) is 0 Å². The summed E-state index contributed by atoms with van der Waals surface area (Å²) in [5.41, 5.74) is 1.19. The quantitative estimate of drug-likeness (QED) is 0.366. The predicted molar refractivity (Wildman–Crippen MR) is 133 cm³/mol. The molecule has 1 aliphatic rings. The number of aromatic nitrogens is 3. The first-order valence-corrected chi connectivity index (χ1v) is 12.7. The molecule has 10 heteroatoms. The number of benzene rings is 1. The first-order valence-electron chi connectivity index (χ1n) is 11.0. The first kappa shape index (κ1) is 21.2. The first-order chi connectivity index (χ1) is 16.7. The minimum absolute atomic E-state index is 0.0430. The molecule has 174 valence electrons. The van der Waals surface area contributed by atoms with E-state index in [2.05, 4.69) is 49.5 Å². The van der Waals surface area contributed by atoms with Gasteiger partial charge in [0.2, 0.25) is 16.7 Å². The predicted octanol–water partition coefficient (Wildman–Crippen LogP) is 4.74. The Morgan fingerprint density at radius 3 is 2.53 bits per heavy atom. The van der Waals surface area contributed by atoms with Crippen molar-refractivity contribution in [2.24, 2.45) is 0 Å². The highest BCUT2D eigenvalue weighted by atomic mass is 32.1. The molecule has 1 atom stereocenters. The molecule has 0 bridgehead atoms. The molecule has 1 aromatic carbocycles. The van der Waals surface area contributed by atoms with Crippen LogP contribution in [0.4, 0.5) is 5.69 Å². The van der Waals surface area contributed by atoms with Crippen molar-refractivity contribution in [3.63, 3.8) is 0 Å². The number of hydrogen-bond acceptors (Lipinski definition) is 9. The van der Waals surface area contributed by atoms with Crippen LogP contribution < -0.4 is 9.64 Å². The van der Waals surface area contributed by atoms with Crippen molar-refractivity contribution < 1.29 is 14.3 Å². The Morgan fingerprint density at radius 1 is 1.06 bits per heavy atom. The summed E-state index contributed by atoms with van der Waals surface area (Å²) in [6, 6.07) is 16.0. The second kappa shape index (κ2) is 8.79. The van der Waals surface area contributed by atoms with Gasteiger partial charge in [0, 0.05) is 36.7 Å². The van der Waals surface area contributed by atoms with Crippen LogP contribution >= 0.6 is 22.7 Å². The second-order valence-corrected chi connectivity index (χ2v) is 10.0. The third kappa shape index (κ3) is 3.73. The summed E-state index contributed by atoms with van der Waals surface area (Å²) in [4.78, 5) is 12.1. The Bertz CT molecular complexity index is 1370. The van der Waals surface area contributed by atoms with E-state index in [1.807, 2.05) is 18.2 Å². The number of anilines is 1. The molecule has 0 spiro atoms. The van der Waals surface area contributed by atoms with Crippen LogP contribution in [0.5, 0.6) is 11.6 Å². The van der Waals surface area contributed by atoms with E-state index < -0.39 is 0 Å². The molecule has 0 aliphatic carbocycles. The molecule has 6 rings (SSSR count). The molecule has 5 heterocycles. The summed E-state index contributed by atoms with van der Waals surface area (Å²) in [5.74, 6) is 2.06. The maximum atomic E-state index is 11.2. The van der Waals surface area contributed by atoms with Gasteiger partial charge in [-0.05, 0) is 47.8 Å². The summed E-state index contributed by atoms with van der Waals surface area (Å²) in [7, 11) is 1.68. The number of nitrogens with zero attached hydrogens (tertiary/aromatic N) is 5. The normalized spacial score (nSPS) is 15.7. The van der Waals surface area contributed by atoms with Crippen molar-refractivity contribution >= 4 is 33.3 Å². The average molecular weight is 494 g/mol. The Hall–Kier alpha value is -3.34. The van der Waals surface area contributed by atoms with Crippen molar-refractivity contribution in [3.05, 3.63) is 69.9 Å². The Labute approximate surface area is 204 Å². The molecule has 1 N–H and O–H groups in total. The van der Waals surface area contributed by atoms with Crippen molar-refractivity contribution in [3.8, 4) is 23.2 Å². The Kier molecular flexibility index (Phi) is 5.48. The zero-order chi connectivity index (χ0) is 23.1. The fraction of sp³-hybridized carbons (Fsp3) is 0.250. The summed E-state index contributed by atoms with van der Waals surface area (Å²) in [6.45, 7) is 3.55. The van der Waals surface area contributed by atoms with Crippen LogP contribution in [0.15, 0.2) is 64.6 Å². The number of thiophene rings is 1. The molecular formula is C24H23N5O3S2. The number of ether oxygens (including phenoxy) is 1. The number of rotatable bonds is 6. The molecule has 1 saturated heterocycles. The standard InChI is InChI=1S/C24H23N5O3S2/c1-31-17-8-6-16(7-9-17)27-10-12-28(13-11-27)20(19-5-3-15-33-19)21-23(30)29-24(34-21)25-22(26-29)18-4-2-14-32-18/h2-9,14-15,20,30H,10-13H2,1H3/t20-/m0/s1. The van der Waals surface area contributed by atoms with Gasteiger partial charge in [0.15, 0.2) is 5.76 Å². The molecule has 4 aromatic heterocycles. The largest absolute Gasteiger partial charge is 0.497 e. The lowest BCUT2D eigenvalue weighted by Gasteiger charge is -2.39. The van der Waals surface area contributed by atoms with E-state index in [1.54, 1.807) is 30.8 Å². The zero-order valence-corrected chi connectivity index (χ0v) is 20.1. The summed E-state index contributed by atoms with van der Waals surface area (Å²) < 4.78 is 12.2. The van der Waals surface area contributed by atoms with Crippen LogP contribution in [0.3, 0.4) is 0 Å². The topological polar surface area (TPSA) is 79.3 Å². The number of aromatic hydroxyl groups is 1. The molecule has 0 amide bonds. The molecule has 0 unspecified atom stereocenters. The van der Waals surface area contributed by atoms with Gasteiger partial charge in [0.25, 0.3) is 0 Å². The van der Waals surface area contributed by atoms with E-state index in [1.165, 1.54) is 26.4 Å². The SMILES string of the molecule is COc1ccc(N2CCN([C@@H](c3cccs3)c3sc4nc(-c5ccco5)nn4c3O)CC2)cc1. The molecule has 1 aliphatic heterocycles. The van der Waals surface area contributed by atoms with Gasteiger partial charge in [0.1, 0.15) is 5.75 Å². The summed E-state index contributed by atoms with van der Waals surface area (Å²) >= 11 is 3.18. The van der Waals surface area contributed by atoms with Gasteiger partial charge in [-0.2, -0.15) is 9.50 Å². The molecule has 5 aromatic rings. The summed E-state index contributed by atoms with van der Waals surface area (Å²) in [5, 5.41) is 17.7. The maximum Gasteiger partial charge on any atom is 0.230 e. The Balaban J connectivity index is 1.28. The third-order valence-electron chi connectivity index (χ3n) is 6.12. The third-order valence-corrected chi connectivity index (χ3v) is 8.12. The van der Waals surface area contributed by atoms with Crippen LogP contribution in [0, 0.1) is 0 Å². The monoisotopic (exact) mass is 493 g/mol. The fourth-order valence-electron chi connectivity index (χ4n) is 4.39. The second-order valence-electron chi connectivity index (χ2n) is 8.04. The highest BCUT2D eigenvalue weighted by Gasteiger charge is 2.32. The molecule has 34 heavy (non-hydrogen) atoms. The van der Waals surface area contributed by atoms with E-state index >= 15 is 0 Å². The number of thiazole rings is 1. The van der Waals surface area contributed by atoms with E-state index in [0.717, 1.165) is 36.8 Å². The van der Waals surface area contributed by atoms with Gasteiger partial charge >= 0.3 is 0 Å². The maximum absolute atomic E-state index is 11.2. The van der Waals surface area contributed by atoms with E-state index in [-0.39, 0.29) is 11.9 Å². The van der Waals surface area contributed by atoms with Crippen molar-refractivity contribution in [2.45, 2.75) is 6.04 Å². The van der Waals surface area contributed by atoms with Crippen LogP contribution in [-0.2, 0) is 0 Å². The van der Waals surface area contributed by atoms with Crippen molar-refractivity contribution in [1.29, 1.82) is 0 Å². The van der Waals surface area contributed by atoms with Crippen LogP contribution in [-0.4, -0.2) is 57.9 Å².